The molecule has 0 aliphatic rings. The average molecular weight is 373 g/mol. The summed E-state index contributed by atoms with van der Waals surface area (Å²) >= 11 is 0. The smallest absolute Gasteiger partial charge is 0.360 e. The van der Waals surface area contributed by atoms with E-state index >= 15 is 0 Å². The standard InChI is InChI=1S/C20H27N3O4/c1-4-6-7-12-23(13-18-22-17(14-27-18)19(24)26-3)20(25)21-16-10-8-15(5-2)9-11-16/h8-11,14H,4-7,12-13H2,1-3H3,(H,21,25). The molecule has 0 aliphatic carbocycles. The first-order valence-electron chi connectivity index (χ1n) is 9.25. The zero-order chi connectivity index (χ0) is 19.6. The van der Waals surface area contributed by atoms with Crippen LogP contribution in [-0.2, 0) is 17.7 Å². The van der Waals surface area contributed by atoms with Crippen molar-refractivity contribution in [3.8, 4) is 0 Å². The minimum Gasteiger partial charge on any atom is -0.464 e. The zero-order valence-corrected chi connectivity index (χ0v) is 16.2. The van der Waals surface area contributed by atoms with E-state index in [1.807, 2.05) is 24.3 Å². The second-order valence-corrected chi connectivity index (χ2v) is 6.23. The Balaban J connectivity index is 2.06. The molecule has 1 N–H and O–H groups in total. The van der Waals surface area contributed by atoms with Crippen molar-refractivity contribution in [3.05, 3.63) is 47.7 Å². The number of urea groups is 1. The zero-order valence-electron chi connectivity index (χ0n) is 16.2. The van der Waals surface area contributed by atoms with Crippen molar-refractivity contribution in [1.82, 2.24) is 9.88 Å². The summed E-state index contributed by atoms with van der Waals surface area (Å²) in [7, 11) is 1.28. The Labute approximate surface area is 159 Å². The highest BCUT2D eigenvalue weighted by Gasteiger charge is 2.19. The number of esters is 1. The first-order valence-corrected chi connectivity index (χ1v) is 9.25. The summed E-state index contributed by atoms with van der Waals surface area (Å²) in [5, 5.41) is 2.91. The van der Waals surface area contributed by atoms with Crippen molar-refractivity contribution in [1.29, 1.82) is 0 Å². The number of carbonyl (C=O) groups is 2. The molecule has 0 fully saturated rings. The van der Waals surface area contributed by atoms with Crippen LogP contribution in [0.25, 0.3) is 0 Å². The lowest BCUT2D eigenvalue weighted by atomic mass is 10.1. The Bertz CT molecular complexity index is 740. The Morgan fingerprint density at radius 1 is 1.19 bits per heavy atom. The molecule has 0 bridgehead atoms. The van der Waals surface area contributed by atoms with Crippen LogP contribution in [-0.4, -0.2) is 35.5 Å². The average Bonchev–Trinajstić information content (AvgIpc) is 3.16. The Morgan fingerprint density at radius 2 is 1.93 bits per heavy atom. The van der Waals surface area contributed by atoms with Gasteiger partial charge in [0, 0.05) is 12.2 Å². The summed E-state index contributed by atoms with van der Waals surface area (Å²) in [6.45, 7) is 4.95. The van der Waals surface area contributed by atoms with E-state index in [1.165, 1.54) is 18.9 Å². The lowest BCUT2D eigenvalue weighted by Crippen LogP contribution is -2.35. The van der Waals surface area contributed by atoms with Crippen LogP contribution in [0.2, 0.25) is 0 Å². The molecule has 1 aromatic heterocycles. The van der Waals surface area contributed by atoms with Gasteiger partial charge in [-0.15, -0.1) is 0 Å². The third-order valence-electron chi connectivity index (χ3n) is 4.20. The molecule has 0 radical (unpaired) electrons. The third kappa shape index (κ3) is 6.13. The number of hydrogen-bond acceptors (Lipinski definition) is 5. The summed E-state index contributed by atoms with van der Waals surface area (Å²) in [6.07, 6.45) is 5.15. The van der Waals surface area contributed by atoms with Gasteiger partial charge in [0.1, 0.15) is 6.26 Å². The number of aryl methyl sites for hydroxylation is 1. The number of amides is 2. The monoisotopic (exact) mass is 373 g/mol. The Hall–Kier alpha value is -2.83. The van der Waals surface area contributed by atoms with Gasteiger partial charge in [0.15, 0.2) is 5.69 Å². The number of anilines is 1. The number of methoxy groups -OCH3 is 1. The number of nitrogens with zero attached hydrogens (tertiary/aromatic N) is 2. The quantitative estimate of drug-likeness (QED) is 0.525. The third-order valence-corrected chi connectivity index (χ3v) is 4.20. The fraction of sp³-hybridized carbons (Fsp3) is 0.450. The van der Waals surface area contributed by atoms with Crippen molar-refractivity contribution in [2.24, 2.45) is 0 Å². The molecular weight excluding hydrogens is 346 g/mol. The van der Waals surface area contributed by atoms with E-state index in [2.05, 4.69) is 28.9 Å². The second kappa shape index (κ2) is 10.4. The van der Waals surface area contributed by atoms with E-state index in [1.54, 1.807) is 4.90 Å². The summed E-state index contributed by atoms with van der Waals surface area (Å²) in [4.78, 5) is 30.0. The first-order chi connectivity index (χ1) is 13.1. The molecule has 2 amide bonds. The molecule has 27 heavy (non-hydrogen) atoms. The van der Waals surface area contributed by atoms with Gasteiger partial charge in [-0.3, -0.25) is 0 Å². The number of rotatable bonds is 9. The summed E-state index contributed by atoms with van der Waals surface area (Å²) in [6, 6.07) is 7.54. The van der Waals surface area contributed by atoms with Gasteiger partial charge in [0.05, 0.1) is 13.7 Å². The second-order valence-electron chi connectivity index (χ2n) is 6.23. The minimum atomic E-state index is -0.567. The molecule has 0 aliphatic heterocycles. The van der Waals surface area contributed by atoms with Crippen LogP contribution < -0.4 is 5.32 Å². The van der Waals surface area contributed by atoms with E-state index in [0.717, 1.165) is 31.4 Å². The molecule has 0 spiro atoms. The van der Waals surface area contributed by atoms with Crippen LogP contribution in [0.1, 0.15) is 55.1 Å². The van der Waals surface area contributed by atoms with Crippen molar-refractivity contribution in [2.45, 2.75) is 46.1 Å². The SMILES string of the molecule is CCCCCN(Cc1nc(C(=O)OC)co1)C(=O)Nc1ccc(CC)cc1. The predicted octanol–water partition coefficient (Wildman–Crippen LogP) is 4.25. The van der Waals surface area contributed by atoms with Crippen LogP contribution >= 0.6 is 0 Å². The largest absolute Gasteiger partial charge is 0.464 e. The van der Waals surface area contributed by atoms with Crippen molar-refractivity contribution in [2.75, 3.05) is 19.0 Å². The van der Waals surface area contributed by atoms with Gasteiger partial charge in [-0.05, 0) is 30.5 Å². The number of hydrogen-bond donors (Lipinski definition) is 1. The summed E-state index contributed by atoms with van der Waals surface area (Å²) in [5.41, 5.74) is 2.04. The van der Waals surface area contributed by atoms with Crippen LogP contribution in [0.5, 0.6) is 0 Å². The highest BCUT2D eigenvalue weighted by molar-refractivity contribution is 5.89. The molecule has 146 valence electrons. The van der Waals surface area contributed by atoms with Gasteiger partial charge in [-0.25, -0.2) is 14.6 Å². The van der Waals surface area contributed by atoms with Gasteiger partial charge >= 0.3 is 12.0 Å². The molecule has 7 heteroatoms. The number of benzene rings is 1. The topological polar surface area (TPSA) is 84.7 Å². The van der Waals surface area contributed by atoms with Crippen LogP contribution in [0, 0.1) is 0 Å². The molecule has 1 heterocycles. The number of carbonyl (C=O) groups excluding carboxylic acids is 2. The fourth-order valence-electron chi connectivity index (χ4n) is 2.58. The van der Waals surface area contributed by atoms with Gasteiger partial charge in [0.25, 0.3) is 0 Å². The van der Waals surface area contributed by atoms with Crippen molar-refractivity contribution in [3.63, 3.8) is 0 Å². The molecule has 2 rings (SSSR count). The molecule has 0 atom stereocenters. The van der Waals surface area contributed by atoms with Crippen molar-refractivity contribution < 1.29 is 18.7 Å². The highest BCUT2D eigenvalue weighted by Crippen LogP contribution is 2.13. The van der Waals surface area contributed by atoms with Crippen LogP contribution in [0.3, 0.4) is 0 Å². The maximum Gasteiger partial charge on any atom is 0.360 e. The Kier molecular flexibility index (Phi) is 7.85. The van der Waals surface area contributed by atoms with Gasteiger partial charge in [-0.1, -0.05) is 38.8 Å². The first kappa shape index (κ1) is 20.5. The molecule has 7 nitrogen and oxygen atoms in total. The highest BCUT2D eigenvalue weighted by atomic mass is 16.5. The number of ether oxygens (including phenoxy) is 1. The number of oxazole rings is 1. The Morgan fingerprint density at radius 3 is 2.56 bits per heavy atom. The maximum atomic E-state index is 12.7. The molecule has 0 unspecified atom stereocenters. The lowest BCUT2D eigenvalue weighted by molar-refractivity contribution is 0.0594. The fourth-order valence-corrected chi connectivity index (χ4v) is 2.58. The number of nitrogens with one attached hydrogen (secondary N) is 1. The summed E-state index contributed by atoms with van der Waals surface area (Å²) in [5.74, 6) is -0.272. The normalized spacial score (nSPS) is 10.5. The number of aromatic nitrogens is 1. The van der Waals surface area contributed by atoms with Crippen LogP contribution in [0.15, 0.2) is 34.9 Å². The van der Waals surface area contributed by atoms with Crippen LogP contribution in [0.4, 0.5) is 10.5 Å². The molecular formula is C20H27N3O4. The summed E-state index contributed by atoms with van der Waals surface area (Å²) < 4.78 is 9.95. The van der Waals surface area contributed by atoms with Gasteiger partial charge in [0.2, 0.25) is 5.89 Å². The molecule has 2 aromatic rings. The predicted molar refractivity (Wildman–Crippen MR) is 103 cm³/mol. The van der Waals surface area contributed by atoms with E-state index in [0.29, 0.717) is 12.4 Å². The number of unbranched alkanes of at least 4 members (excludes halogenated alkanes) is 2. The van der Waals surface area contributed by atoms with E-state index in [4.69, 9.17) is 4.42 Å². The van der Waals surface area contributed by atoms with E-state index in [-0.39, 0.29) is 18.3 Å². The van der Waals surface area contributed by atoms with E-state index < -0.39 is 5.97 Å². The maximum absolute atomic E-state index is 12.7. The van der Waals surface area contributed by atoms with Crippen molar-refractivity contribution >= 4 is 17.7 Å². The van der Waals surface area contributed by atoms with Gasteiger partial charge in [-0.2, -0.15) is 0 Å². The van der Waals surface area contributed by atoms with E-state index in [9.17, 15) is 9.59 Å². The van der Waals surface area contributed by atoms with Gasteiger partial charge < -0.3 is 19.4 Å². The molecule has 0 saturated heterocycles. The molecule has 0 saturated carbocycles. The lowest BCUT2D eigenvalue weighted by Gasteiger charge is -2.21. The molecule has 1 aromatic carbocycles. The minimum absolute atomic E-state index is 0.0940.